The van der Waals surface area contributed by atoms with Crippen LogP contribution in [0.3, 0.4) is 0 Å². The number of anilines is 1. The number of rotatable bonds is 6. The average Bonchev–Trinajstić information content (AvgIpc) is 3.16. The van der Waals surface area contributed by atoms with E-state index in [1.165, 1.54) is 41.1 Å². The molecule has 166 valence electrons. The molecule has 0 aliphatic carbocycles. The van der Waals surface area contributed by atoms with Gasteiger partial charge in [-0.15, -0.1) is 0 Å². The summed E-state index contributed by atoms with van der Waals surface area (Å²) in [6, 6.07) is 3.90. The van der Waals surface area contributed by atoms with Crippen LogP contribution in [0.1, 0.15) is 25.5 Å². The third kappa shape index (κ3) is 4.31. The lowest BCUT2D eigenvalue weighted by Gasteiger charge is -2.43. The first-order chi connectivity index (χ1) is 14.8. The first-order valence-corrected chi connectivity index (χ1v) is 10.9. The first kappa shape index (κ1) is 21.8. The number of nitrogens with zero attached hydrogens (tertiary/aromatic N) is 6. The van der Waals surface area contributed by atoms with Gasteiger partial charge in [-0.05, 0) is 25.3 Å². The molecule has 4 rings (SSSR count). The fourth-order valence-electron chi connectivity index (χ4n) is 3.76. The Morgan fingerprint density at radius 1 is 1.26 bits per heavy atom. The number of hydrogen-bond acceptors (Lipinski definition) is 7. The summed E-state index contributed by atoms with van der Waals surface area (Å²) in [5.74, 6) is -3.17. The number of nitrogens with one attached hydrogen (secondary N) is 1. The van der Waals surface area contributed by atoms with Crippen LogP contribution in [-0.2, 0) is 0 Å². The van der Waals surface area contributed by atoms with Gasteiger partial charge in [0.15, 0.2) is 5.65 Å². The first-order valence-electron chi connectivity index (χ1n) is 9.65. The molecule has 1 aliphatic rings. The number of alkyl halides is 4. The highest BCUT2D eigenvalue weighted by Crippen LogP contribution is 2.38. The predicted molar refractivity (Wildman–Crippen MR) is 110 cm³/mol. The molecule has 7 nitrogen and oxygen atoms in total. The van der Waals surface area contributed by atoms with Gasteiger partial charge in [0.2, 0.25) is 0 Å². The van der Waals surface area contributed by atoms with Crippen LogP contribution in [0.4, 0.5) is 23.4 Å². The molecule has 0 saturated carbocycles. The molecule has 4 heterocycles. The standard InChI is InChI=1S/C19H21F4N7S/c1-11-6-19(22,23)12(7-27-31-2)9-29(11)17-5-14(25-10-26-17)15-8-24-16-4-3-13(18(20)21)28-30(15)16/h3-5,8,10-12,18,27H,6-7,9H2,1-2H3/t11-,12+/m0/s1. The molecule has 1 aliphatic heterocycles. The third-order valence-corrected chi connectivity index (χ3v) is 5.86. The summed E-state index contributed by atoms with van der Waals surface area (Å²) in [7, 11) is 0. The van der Waals surface area contributed by atoms with E-state index in [4.69, 9.17) is 0 Å². The van der Waals surface area contributed by atoms with E-state index in [9.17, 15) is 17.6 Å². The van der Waals surface area contributed by atoms with Crippen LogP contribution in [0.5, 0.6) is 0 Å². The molecule has 31 heavy (non-hydrogen) atoms. The lowest BCUT2D eigenvalue weighted by atomic mass is 9.89. The Hall–Kier alpha value is -2.47. The van der Waals surface area contributed by atoms with Gasteiger partial charge >= 0.3 is 0 Å². The van der Waals surface area contributed by atoms with Gasteiger partial charge in [0, 0.05) is 31.6 Å². The summed E-state index contributed by atoms with van der Waals surface area (Å²) >= 11 is 1.30. The Morgan fingerprint density at radius 3 is 2.81 bits per heavy atom. The topological polar surface area (TPSA) is 71.2 Å². The van der Waals surface area contributed by atoms with Gasteiger partial charge < -0.3 is 4.90 Å². The van der Waals surface area contributed by atoms with Crippen molar-refractivity contribution in [1.29, 1.82) is 0 Å². The number of piperidine rings is 1. The predicted octanol–water partition coefficient (Wildman–Crippen LogP) is 3.84. The largest absolute Gasteiger partial charge is 0.353 e. The highest BCUT2D eigenvalue weighted by atomic mass is 32.2. The van der Waals surface area contributed by atoms with Crippen LogP contribution < -0.4 is 9.62 Å². The normalized spacial score (nSPS) is 21.2. The van der Waals surface area contributed by atoms with E-state index in [2.05, 4.69) is 24.8 Å². The minimum atomic E-state index is -2.79. The number of halogens is 4. The van der Waals surface area contributed by atoms with E-state index in [-0.39, 0.29) is 25.2 Å². The molecule has 1 saturated heterocycles. The number of aromatic nitrogens is 5. The van der Waals surface area contributed by atoms with Gasteiger partial charge in [-0.3, -0.25) is 4.72 Å². The monoisotopic (exact) mass is 455 g/mol. The smallest absolute Gasteiger partial charge is 0.282 e. The van der Waals surface area contributed by atoms with Crippen LogP contribution in [-0.4, -0.2) is 55.9 Å². The molecule has 3 aromatic rings. The third-order valence-electron chi connectivity index (χ3n) is 5.40. The number of imidazole rings is 1. The number of fused-ring (bicyclic) bond motifs is 1. The van der Waals surface area contributed by atoms with Crippen LogP contribution in [0.2, 0.25) is 0 Å². The Kier molecular flexibility index (Phi) is 6.02. The minimum absolute atomic E-state index is 0.124. The lowest BCUT2D eigenvalue weighted by molar-refractivity contribution is -0.0783. The highest BCUT2D eigenvalue weighted by Gasteiger charge is 2.47. The molecule has 0 radical (unpaired) electrons. The maximum atomic E-state index is 14.5. The van der Waals surface area contributed by atoms with E-state index in [1.54, 1.807) is 19.2 Å². The van der Waals surface area contributed by atoms with E-state index in [1.807, 2.05) is 4.90 Å². The summed E-state index contributed by atoms with van der Waals surface area (Å²) in [6.07, 6.45) is 1.60. The molecule has 1 N–H and O–H groups in total. The van der Waals surface area contributed by atoms with Crippen molar-refractivity contribution in [2.75, 3.05) is 24.2 Å². The minimum Gasteiger partial charge on any atom is -0.353 e. The van der Waals surface area contributed by atoms with E-state index < -0.39 is 24.3 Å². The number of hydrogen-bond donors (Lipinski definition) is 1. The maximum Gasteiger partial charge on any atom is 0.282 e. The molecule has 3 aromatic heterocycles. The van der Waals surface area contributed by atoms with E-state index in [0.717, 1.165) is 0 Å². The van der Waals surface area contributed by atoms with Gasteiger partial charge in [0.05, 0.1) is 17.8 Å². The lowest BCUT2D eigenvalue weighted by Crippen LogP contribution is -2.54. The Morgan fingerprint density at radius 2 is 2.06 bits per heavy atom. The Labute approximate surface area is 180 Å². The molecule has 0 aromatic carbocycles. The fraction of sp³-hybridized carbons (Fsp3) is 0.474. The summed E-state index contributed by atoms with van der Waals surface area (Å²) in [4.78, 5) is 14.5. The van der Waals surface area contributed by atoms with Crippen molar-refractivity contribution in [2.45, 2.75) is 31.7 Å². The zero-order chi connectivity index (χ0) is 22.2. The molecule has 0 spiro atoms. The second kappa shape index (κ2) is 8.58. The van der Waals surface area contributed by atoms with Crippen molar-refractivity contribution in [3.05, 3.63) is 36.4 Å². The summed E-state index contributed by atoms with van der Waals surface area (Å²) < 4.78 is 59.4. The average molecular weight is 455 g/mol. The SMILES string of the molecule is CSNC[C@@H]1CN(c2cc(-c3cnc4ccc(C(F)F)nn34)ncn2)[C@@H](C)CC1(F)F. The van der Waals surface area contributed by atoms with Crippen molar-refractivity contribution in [3.8, 4) is 11.4 Å². The second-order valence-electron chi connectivity index (χ2n) is 7.45. The summed E-state index contributed by atoms with van der Waals surface area (Å²) in [5, 5.41) is 3.95. The van der Waals surface area contributed by atoms with Crippen molar-refractivity contribution in [1.82, 2.24) is 29.3 Å². The van der Waals surface area contributed by atoms with Crippen molar-refractivity contribution in [3.63, 3.8) is 0 Å². The second-order valence-corrected chi connectivity index (χ2v) is 8.15. The van der Waals surface area contributed by atoms with Crippen molar-refractivity contribution < 1.29 is 17.6 Å². The zero-order valence-corrected chi connectivity index (χ0v) is 17.7. The molecule has 0 bridgehead atoms. The molecule has 2 atom stereocenters. The molecule has 0 amide bonds. The van der Waals surface area contributed by atoms with Gasteiger partial charge in [0.25, 0.3) is 12.3 Å². The molecular formula is C19H21F4N7S. The zero-order valence-electron chi connectivity index (χ0n) is 16.8. The van der Waals surface area contributed by atoms with Crippen molar-refractivity contribution >= 4 is 23.4 Å². The van der Waals surface area contributed by atoms with E-state index >= 15 is 0 Å². The van der Waals surface area contributed by atoms with Crippen LogP contribution in [0.15, 0.2) is 30.7 Å². The fourth-order valence-corrected chi connectivity index (χ4v) is 4.13. The van der Waals surface area contributed by atoms with E-state index in [0.29, 0.717) is 22.9 Å². The van der Waals surface area contributed by atoms with Gasteiger partial charge in [-0.1, -0.05) is 11.9 Å². The van der Waals surface area contributed by atoms with Crippen molar-refractivity contribution in [2.24, 2.45) is 5.92 Å². The quantitative estimate of drug-likeness (QED) is 0.447. The van der Waals surface area contributed by atoms with Crippen LogP contribution in [0, 0.1) is 5.92 Å². The molecular weight excluding hydrogens is 434 g/mol. The Balaban J connectivity index is 1.67. The molecule has 12 heteroatoms. The highest BCUT2D eigenvalue weighted by molar-refractivity contribution is 7.96. The molecule has 0 unspecified atom stereocenters. The van der Waals surface area contributed by atoms with Crippen LogP contribution >= 0.6 is 11.9 Å². The Bertz CT molecular complexity index is 1060. The summed E-state index contributed by atoms with van der Waals surface area (Å²) in [5.41, 5.74) is 0.849. The van der Waals surface area contributed by atoms with Gasteiger partial charge in [-0.25, -0.2) is 37.0 Å². The van der Waals surface area contributed by atoms with Gasteiger partial charge in [-0.2, -0.15) is 5.10 Å². The summed E-state index contributed by atoms with van der Waals surface area (Å²) in [6.45, 7) is 2.03. The van der Waals surface area contributed by atoms with Crippen LogP contribution in [0.25, 0.3) is 17.0 Å². The maximum absolute atomic E-state index is 14.5. The molecule has 1 fully saturated rings. The van der Waals surface area contributed by atoms with Gasteiger partial charge in [0.1, 0.15) is 23.5 Å².